The van der Waals surface area contributed by atoms with E-state index >= 15 is 0 Å². The van der Waals surface area contributed by atoms with Crippen LogP contribution >= 0.6 is 0 Å². The molecule has 0 fully saturated rings. The average molecular weight is 267 g/mol. The fourth-order valence-electron chi connectivity index (χ4n) is 2.18. The summed E-state index contributed by atoms with van der Waals surface area (Å²) in [7, 11) is 0. The number of hydrogen-bond donors (Lipinski definition) is 1. The summed E-state index contributed by atoms with van der Waals surface area (Å²) in [5.41, 5.74) is 3.33. The molecule has 0 amide bonds. The molecule has 5 heteroatoms. The van der Waals surface area contributed by atoms with Gasteiger partial charge in [0.05, 0.1) is 18.1 Å². The SMILES string of the molecule is CCNc1ncnc2c1cnn2Cc1ccc(C)cc1. The third kappa shape index (κ3) is 2.34. The summed E-state index contributed by atoms with van der Waals surface area (Å²) in [6.07, 6.45) is 3.40. The van der Waals surface area contributed by atoms with E-state index in [1.165, 1.54) is 11.1 Å². The van der Waals surface area contributed by atoms with Gasteiger partial charge in [0.25, 0.3) is 0 Å². The van der Waals surface area contributed by atoms with Crippen molar-refractivity contribution in [2.75, 3.05) is 11.9 Å². The van der Waals surface area contributed by atoms with Crippen molar-refractivity contribution >= 4 is 16.9 Å². The first kappa shape index (κ1) is 12.6. The van der Waals surface area contributed by atoms with Crippen LogP contribution in [-0.4, -0.2) is 26.3 Å². The molecular formula is C15H17N5. The van der Waals surface area contributed by atoms with Gasteiger partial charge in [0.15, 0.2) is 5.65 Å². The van der Waals surface area contributed by atoms with Gasteiger partial charge in [-0.3, -0.25) is 0 Å². The summed E-state index contributed by atoms with van der Waals surface area (Å²) in [5, 5.41) is 8.62. The van der Waals surface area contributed by atoms with Gasteiger partial charge in [0.2, 0.25) is 0 Å². The monoisotopic (exact) mass is 267 g/mol. The molecule has 0 aliphatic rings. The molecule has 20 heavy (non-hydrogen) atoms. The van der Waals surface area contributed by atoms with Crippen LogP contribution in [0.4, 0.5) is 5.82 Å². The molecule has 3 aromatic rings. The first-order chi connectivity index (χ1) is 9.78. The number of aryl methyl sites for hydroxylation is 1. The molecule has 0 aliphatic heterocycles. The molecule has 0 radical (unpaired) electrons. The topological polar surface area (TPSA) is 55.6 Å². The van der Waals surface area contributed by atoms with Gasteiger partial charge in [0, 0.05) is 6.54 Å². The Hall–Kier alpha value is -2.43. The smallest absolute Gasteiger partial charge is 0.163 e. The molecule has 0 saturated heterocycles. The number of nitrogens with one attached hydrogen (secondary N) is 1. The minimum absolute atomic E-state index is 0.715. The Balaban J connectivity index is 1.96. The Morgan fingerprint density at radius 1 is 1.15 bits per heavy atom. The molecule has 0 bridgehead atoms. The molecule has 0 atom stereocenters. The number of anilines is 1. The highest BCUT2D eigenvalue weighted by atomic mass is 15.3. The first-order valence-electron chi connectivity index (χ1n) is 6.74. The fourth-order valence-corrected chi connectivity index (χ4v) is 2.18. The molecule has 0 saturated carbocycles. The number of aromatic nitrogens is 4. The number of hydrogen-bond acceptors (Lipinski definition) is 4. The highest BCUT2D eigenvalue weighted by Crippen LogP contribution is 2.19. The Morgan fingerprint density at radius 3 is 2.70 bits per heavy atom. The van der Waals surface area contributed by atoms with Crippen LogP contribution < -0.4 is 5.32 Å². The lowest BCUT2D eigenvalue weighted by Gasteiger charge is -2.05. The van der Waals surface area contributed by atoms with Crippen LogP contribution in [0.1, 0.15) is 18.1 Å². The van der Waals surface area contributed by atoms with Gasteiger partial charge in [-0.2, -0.15) is 5.10 Å². The lowest BCUT2D eigenvalue weighted by Crippen LogP contribution is -2.04. The lowest BCUT2D eigenvalue weighted by molar-refractivity contribution is 0.703. The molecular weight excluding hydrogens is 250 g/mol. The van der Waals surface area contributed by atoms with Crippen LogP contribution in [0.5, 0.6) is 0 Å². The normalized spacial score (nSPS) is 10.9. The van der Waals surface area contributed by atoms with E-state index in [4.69, 9.17) is 0 Å². The fraction of sp³-hybridized carbons (Fsp3) is 0.267. The maximum atomic E-state index is 4.43. The van der Waals surface area contributed by atoms with E-state index in [1.54, 1.807) is 6.33 Å². The van der Waals surface area contributed by atoms with Gasteiger partial charge >= 0.3 is 0 Å². The predicted molar refractivity (Wildman–Crippen MR) is 79.8 cm³/mol. The first-order valence-corrected chi connectivity index (χ1v) is 6.74. The van der Waals surface area contributed by atoms with Crippen LogP contribution in [-0.2, 0) is 6.54 Å². The average Bonchev–Trinajstić information content (AvgIpc) is 2.86. The molecule has 2 aromatic heterocycles. The van der Waals surface area contributed by atoms with E-state index in [2.05, 4.69) is 51.6 Å². The van der Waals surface area contributed by atoms with Gasteiger partial charge in [-0.15, -0.1) is 0 Å². The Kier molecular flexibility index (Phi) is 3.33. The predicted octanol–water partition coefficient (Wildman–Crippen LogP) is 2.61. The lowest BCUT2D eigenvalue weighted by atomic mass is 10.1. The van der Waals surface area contributed by atoms with E-state index in [1.807, 2.05) is 17.8 Å². The zero-order valence-corrected chi connectivity index (χ0v) is 11.7. The van der Waals surface area contributed by atoms with Crippen molar-refractivity contribution in [3.05, 3.63) is 47.9 Å². The van der Waals surface area contributed by atoms with Crippen LogP contribution in [0.25, 0.3) is 11.0 Å². The Bertz CT molecular complexity index is 715. The van der Waals surface area contributed by atoms with Crippen molar-refractivity contribution < 1.29 is 0 Å². The largest absolute Gasteiger partial charge is 0.370 e. The molecule has 0 spiro atoms. The second kappa shape index (κ2) is 5.28. The highest BCUT2D eigenvalue weighted by Gasteiger charge is 2.09. The Morgan fingerprint density at radius 2 is 1.95 bits per heavy atom. The maximum absolute atomic E-state index is 4.43. The summed E-state index contributed by atoms with van der Waals surface area (Å²) < 4.78 is 1.91. The van der Waals surface area contributed by atoms with Crippen LogP contribution in [0.2, 0.25) is 0 Å². The number of rotatable bonds is 4. The number of fused-ring (bicyclic) bond motifs is 1. The molecule has 1 aromatic carbocycles. The number of benzene rings is 1. The van der Waals surface area contributed by atoms with Crippen molar-refractivity contribution in [2.45, 2.75) is 20.4 Å². The van der Waals surface area contributed by atoms with Crippen LogP contribution in [0.3, 0.4) is 0 Å². The van der Waals surface area contributed by atoms with E-state index in [0.717, 1.165) is 23.4 Å². The third-order valence-electron chi connectivity index (χ3n) is 3.23. The summed E-state index contributed by atoms with van der Waals surface area (Å²) >= 11 is 0. The molecule has 102 valence electrons. The summed E-state index contributed by atoms with van der Waals surface area (Å²) in [6.45, 7) is 5.68. The molecule has 3 rings (SSSR count). The van der Waals surface area contributed by atoms with E-state index < -0.39 is 0 Å². The second-order valence-corrected chi connectivity index (χ2v) is 4.78. The van der Waals surface area contributed by atoms with Gasteiger partial charge < -0.3 is 5.32 Å². The standard InChI is InChI=1S/C15H17N5/c1-3-16-14-13-8-19-20(15(13)18-10-17-14)9-12-6-4-11(2)5-7-12/h4-8,10H,3,9H2,1-2H3,(H,16,17,18). The van der Waals surface area contributed by atoms with Crippen LogP contribution in [0.15, 0.2) is 36.8 Å². The van der Waals surface area contributed by atoms with Crippen molar-refractivity contribution in [2.24, 2.45) is 0 Å². The van der Waals surface area contributed by atoms with E-state index in [0.29, 0.717) is 6.54 Å². The summed E-state index contributed by atoms with van der Waals surface area (Å²) in [5.74, 6) is 0.840. The quantitative estimate of drug-likeness (QED) is 0.789. The Labute approximate surface area is 117 Å². The molecule has 0 unspecified atom stereocenters. The zero-order valence-electron chi connectivity index (χ0n) is 11.7. The molecule has 2 heterocycles. The third-order valence-corrected chi connectivity index (χ3v) is 3.23. The second-order valence-electron chi connectivity index (χ2n) is 4.78. The maximum Gasteiger partial charge on any atom is 0.163 e. The molecule has 0 aliphatic carbocycles. The molecule has 1 N–H and O–H groups in total. The van der Waals surface area contributed by atoms with Crippen LogP contribution in [0, 0.1) is 6.92 Å². The van der Waals surface area contributed by atoms with Crippen molar-refractivity contribution in [1.29, 1.82) is 0 Å². The summed E-state index contributed by atoms with van der Waals surface area (Å²) in [4.78, 5) is 8.60. The van der Waals surface area contributed by atoms with Gasteiger partial charge in [0.1, 0.15) is 12.1 Å². The van der Waals surface area contributed by atoms with Gasteiger partial charge in [-0.05, 0) is 19.4 Å². The van der Waals surface area contributed by atoms with E-state index in [9.17, 15) is 0 Å². The van der Waals surface area contributed by atoms with Gasteiger partial charge in [-0.25, -0.2) is 14.6 Å². The summed E-state index contributed by atoms with van der Waals surface area (Å²) in [6, 6.07) is 8.46. The number of nitrogens with zero attached hydrogens (tertiary/aromatic N) is 4. The van der Waals surface area contributed by atoms with Crippen molar-refractivity contribution in [3.8, 4) is 0 Å². The minimum Gasteiger partial charge on any atom is -0.370 e. The zero-order chi connectivity index (χ0) is 13.9. The van der Waals surface area contributed by atoms with Gasteiger partial charge in [-0.1, -0.05) is 29.8 Å². The van der Waals surface area contributed by atoms with E-state index in [-0.39, 0.29) is 0 Å². The highest BCUT2D eigenvalue weighted by molar-refractivity contribution is 5.86. The van der Waals surface area contributed by atoms with Crippen molar-refractivity contribution in [1.82, 2.24) is 19.7 Å². The van der Waals surface area contributed by atoms with Crippen molar-refractivity contribution in [3.63, 3.8) is 0 Å². The minimum atomic E-state index is 0.715. The molecule has 5 nitrogen and oxygen atoms in total.